The molecular weight excluding hydrogens is 336 g/mol. The van der Waals surface area contributed by atoms with Crippen molar-refractivity contribution >= 4 is 12.2 Å². The van der Waals surface area contributed by atoms with Gasteiger partial charge in [0, 0.05) is 17.2 Å². The minimum atomic E-state index is -0.164. The van der Waals surface area contributed by atoms with Gasteiger partial charge in [-0.25, -0.2) is 0 Å². The third-order valence-electron chi connectivity index (χ3n) is 4.36. The van der Waals surface area contributed by atoms with Crippen LogP contribution in [0.3, 0.4) is 0 Å². The van der Waals surface area contributed by atoms with Crippen molar-refractivity contribution in [3.8, 4) is 17.2 Å². The summed E-state index contributed by atoms with van der Waals surface area (Å²) in [6.07, 6.45) is 7.57. The van der Waals surface area contributed by atoms with Gasteiger partial charge in [0.1, 0.15) is 17.2 Å². The van der Waals surface area contributed by atoms with Gasteiger partial charge in [-0.15, -0.1) is 0 Å². The number of phenolic OH excluding ortho intramolecular Hbond substituents is 3. The van der Waals surface area contributed by atoms with E-state index in [-0.39, 0.29) is 22.3 Å². The van der Waals surface area contributed by atoms with Crippen LogP contribution in [0.15, 0.2) is 42.5 Å². The Labute approximate surface area is 162 Å². The number of phenols is 3. The molecule has 0 amide bonds. The summed E-state index contributed by atoms with van der Waals surface area (Å²) in [5.41, 5.74) is 3.26. The summed E-state index contributed by atoms with van der Waals surface area (Å²) in [6, 6.07) is 8.51. The first-order valence-electron chi connectivity index (χ1n) is 9.13. The molecule has 0 bridgehead atoms. The van der Waals surface area contributed by atoms with Gasteiger partial charge in [0.2, 0.25) is 0 Å². The van der Waals surface area contributed by atoms with Gasteiger partial charge >= 0.3 is 0 Å². The predicted molar refractivity (Wildman–Crippen MR) is 113 cm³/mol. The van der Waals surface area contributed by atoms with Crippen molar-refractivity contribution in [1.29, 1.82) is 0 Å². The normalized spacial score (nSPS) is 13.0. The molecule has 0 aliphatic heterocycles. The summed E-state index contributed by atoms with van der Waals surface area (Å²) in [6.45, 7) is 12.6. The molecule has 0 radical (unpaired) electrons. The molecule has 0 aliphatic carbocycles. The van der Waals surface area contributed by atoms with Gasteiger partial charge in [0.15, 0.2) is 0 Å². The summed E-state index contributed by atoms with van der Waals surface area (Å²) in [4.78, 5) is 0. The number of hydrogen-bond acceptors (Lipinski definition) is 3. The fourth-order valence-electron chi connectivity index (χ4n) is 2.94. The first-order chi connectivity index (χ1) is 12.4. The van der Waals surface area contributed by atoms with Crippen LogP contribution in [0.2, 0.25) is 0 Å². The Hall–Kier alpha value is -2.68. The molecule has 2 aromatic carbocycles. The molecule has 2 aromatic rings. The molecule has 0 aliphatic rings. The van der Waals surface area contributed by atoms with Crippen LogP contribution in [0.4, 0.5) is 0 Å². The number of hydrogen-bond donors (Lipinski definition) is 3. The number of allylic oxidation sites excluding steroid dienone is 2. The van der Waals surface area contributed by atoms with Crippen molar-refractivity contribution in [3.05, 3.63) is 64.7 Å². The quantitative estimate of drug-likeness (QED) is 0.573. The van der Waals surface area contributed by atoms with Crippen molar-refractivity contribution in [1.82, 2.24) is 0 Å². The van der Waals surface area contributed by atoms with Crippen LogP contribution in [-0.4, -0.2) is 15.3 Å². The largest absolute Gasteiger partial charge is 0.508 e. The monoisotopic (exact) mass is 366 g/mol. The zero-order valence-electron chi connectivity index (χ0n) is 17.0. The van der Waals surface area contributed by atoms with E-state index in [1.165, 1.54) is 6.07 Å². The lowest BCUT2D eigenvalue weighted by atomic mass is 9.78. The predicted octanol–water partition coefficient (Wildman–Crippen LogP) is 6.13. The number of aromatic hydroxyl groups is 3. The molecule has 3 heteroatoms. The molecule has 2 rings (SSSR count). The molecule has 0 saturated heterocycles. The Bertz CT molecular complexity index is 820. The molecule has 3 nitrogen and oxygen atoms in total. The van der Waals surface area contributed by atoms with Crippen LogP contribution in [0.5, 0.6) is 17.2 Å². The smallest absolute Gasteiger partial charge is 0.123 e. The van der Waals surface area contributed by atoms with Crippen LogP contribution in [0.1, 0.15) is 63.8 Å². The third kappa shape index (κ3) is 5.40. The lowest BCUT2D eigenvalue weighted by Gasteiger charge is -2.27. The van der Waals surface area contributed by atoms with Gasteiger partial charge in [-0.05, 0) is 46.2 Å². The first-order valence-corrected chi connectivity index (χ1v) is 9.13. The highest BCUT2D eigenvalue weighted by Gasteiger charge is 2.26. The van der Waals surface area contributed by atoms with E-state index in [0.717, 1.165) is 16.7 Å². The Morgan fingerprint density at radius 1 is 0.593 bits per heavy atom. The topological polar surface area (TPSA) is 60.7 Å². The van der Waals surface area contributed by atoms with E-state index in [9.17, 15) is 15.3 Å². The van der Waals surface area contributed by atoms with Gasteiger partial charge in [-0.1, -0.05) is 65.8 Å². The van der Waals surface area contributed by atoms with Gasteiger partial charge in [-0.2, -0.15) is 0 Å². The molecule has 3 N–H and O–H groups in total. The molecule has 0 heterocycles. The van der Waals surface area contributed by atoms with Crippen LogP contribution >= 0.6 is 0 Å². The Kier molecular flexibility index (Phi) is 5.74. The molecule has 0 fully saturated rings. The maximum Gasteiger partial charge on any atom is 0.123 e. The number of benzene rings is 2. The van der Waals surface area contributed by atoms with Crippen molar-refractivity contribution in [3.63, 3.8) is 0 Å². The van der Waals surface area contributed by atoms with Gasteiger partial charge in [0.05, 0.1) is 0 Å². The molecule has 0 saturated carbocycles. The maximum atomic E-state index is 10.8. The molecule has 27 heavy (non-hydrogen) atoms. The van der Waals surface area contributed by atoms with Crippen LogP contribution in [0.25, 0.3) is 12.2 Å². The summed E-state index contributed by atoms with van der Waals surface area (Å²) in [5, 5.41) is 29.8. The van der Waals surface area contributed by atoms with Crippen molar-refractivity contribution in [2.45, 2.75) is 52.4 Å². The van der Waals surface area contributed by atoms with E-state index in [1.54, 1.807) is 12.1 Å². The Morgan fingerprint density at radius 3 is 1.33 bits per heavy atom. The van der Waals surface area contributed by atoms with Crippen LogP contribution in [-0.2, 0) is 10.8 Å². The highest BCUT2D eigenvalue weighted by molar-refractivity contribution is 5.62. The highest BCUT2D eigenvalue weighted by atomic mass is 16.3. The van der Waals surface area contributed by atoms with E-state index in [4.69, 9.17) is 0 Å². The van der Waals surface area contributed by atoms with E-state index in [2.05, 4.69) is 41.5 Å². The summed E-state index contributed by atoms with van der Waals surface area (Å²) >= 11 is 0. The van der Waals surface area contributed by atoms with E-state index in [1.807, 2.05) is 36.4 Å². The van der Waals surface area contributed by atoms with Gasteiger partial charge < -0.3 is 15.3 Å². The third-order valence-corrected chi connectivity index (χ3v) is 4.36. The van der Waals surface area contributed by atoms with E-state index >= 15 is 0 Å². The molecule has 0 spiro atoms. The van der Waals surface area contributed by atoms with Crippen LogP contribution in [0, 0.1) is 0 Å². The second-order valence-electron chi connectivity index (χ2n) is 8.97. The van der Waals surface area contributed by atoms with Crippen molar-refractivity contribution in [2.75, 3.05) is 0 Å². The average Bonchev–Trinajstić information content (AvgIpc) is 2.49. The Balaban J connectivity index is 2.37. The first kappa shape index (κ1) is 20.6. The lowest BCUT2D eigenvalue weighted by molar-refractivity contribution is 0.423. The fraction of sp³-hybridized carbons (Fsp3) is 0.333. The maximum absolute atomic E-state index is 10.8. The molecule has 0 atom stereocenters. The summed E-state index contributed by atoms with van der Waals surface area (Å²) in [7, 11) is 0. The van der Waals surface area contributed by atoms with Crippen LogP contribution < -0.4 is 0 Å². The summed E-state index contributed by atoms with van der Waals surface area (Å²) < 4.78 is 0. The number of rotatable bonds is 3. The molecular formula is C24H30O3. The second-order valence-corrected chi connectivity index (χ2v) is 8.97. The zero-order chi connectivity index (χ0) is 20.4. The second kappa shape index (κ2) is 7.51. The highest BCUT2D eigenvalue weighted by Crippen LogP contribution is 2.40. The SMILES string of the molecule is CC(C)(C)c1cc(/C=C/C=C/c2cc(O)cc(O)c2)cc(C(C)(C)C)c1O. The standard InChI is InChI=1S/C24H30O3/c1-23(2,3)20-13-17(14-21(22(20)27)24(4,5)6)10-8-7-9-16-11-18(25)15-19(26)12-16/h7-15,25-27H,1-6H3/b9-7+,10-8+. The minimum absolute atomic E-state index is 0.0294. The Morgan fingerprint density at radius 2 is 0.963 bits per heavy atom. The summed E-state index contributed by atoms with van der Waals surface area (Å²) in [5.74, 6) is 0.432. The molecule has 0 unspecified atom stereocenters. The molecule has 144 valence electrons. The van der Waals surface area contributed by atoms with E-state index in [0.29, 0.717) is 11.3 Å². The lowest BCUT2D eigenvalue weighted by Crippen LogP contribution is -2.17. The van der Waals surface area contributed by atoms with Crippen molar-refractivity contribution in [2.24, 2.45) is 0 Å². The zero-order valence-corrected chi connectivity index (χ0v) is 17.0. The van der Waals surface area contributed by atoms with Gasteiger partial charge in [0.25, 0.3) is 0 Å². The fourth-order valence-corrected chi connectivity index (χ4v) is 2.94. The van der Waals surface area contributed by atoms with Gasteiger partial charge in [-0.3, -0.25) is 0 Å². The minimum Gasteiger partial charge on any atom is -0.508 e. The molecule has 0 aromatic heterocycles. The van der Waals surface area contributed by atoms with Crippen molar-refractivity contribution < 1.29 is 15.3 Å². The average molecular weight is 367 g/mol. The van der Waals surface area contributed by atoms with E-state index < -0.39 is 0 Å².